The van der Waals surface area contributed by atoms with Crippen LogP contribution in [0.5, 0.6) is 0 Å². The Morgan fingerprint density at radius 2 is 2.00 bits per heavy atom. The van der Waals surface area contributed by atoms with Gasteiger partial charge in [-0.05, 0) is 11.6 Å². The van der Waals surface area contributed by atoms with Crippen LogP contribution in [0.4, 0.5) is 0 Å². The fourth-order valence-corrected chi connectivity index (χ4v) is 1.30. The Morgan fingerprint density at radius 3 is 2.42 bits per heavy atom. The monoisotopic (exact) mass is 186 g/mol. The molecule has 5 heteroatoms. The number of benzene rings is 1. The summed E-state index contributed by atoms with van der Waals surface area (Å²) in [5.74, 6) is 0. The molecule has 0 aliphatic carbocycles. The minimum Gasteiger partial charge on any atom is -0.423 e. The van der Waals surface area contributed by atoms with Crippen molar-refractivity contribution in [1.82, 2.24) is 0 Å². The van der Waals surface area contributed by atoms with Gasteiger partial charge in [-0.1, -0.05) is 23.7 Å². The summed E-state index contributed by atoms with van der Waals surface area (Å²) in [7, 11) is -1.64. The van der Waals surface area contributed by atoms with Gasteiger partial charge in [0.05, 0.1) is 6.61 Å². The second-order valence-corrected chi connectivity index (χ2v) is 2.75. The second kappa shape index (κ2) is 3.91. The number of rotatable bonds is 2. The number of aliphatic hydroxyl groups excluding tert-OH is 1. The molecule has 64 valence electrons. The number of halogens is 1. The summed E-state index contributed by atoms with van der Waals surface area (Å²) in [6, 6.07) is 4.76. The van der Waals surface area contributed by atoms with E-state index in [1.165, 1.54) is 6.07 Å². The van der Waals surface area contributed by atoms with Crippen LogP contribution in [0, 0.1) is 0 Å². The topological polar surface area (TPSA) is 60.7 Å². The summed E-state index contributed by atoms with van der Waals surface area (Å²) < 4.78 is 0. The molecule has 0 heterocycles. The Hall–Kier alpha value is -0.545. The van der Waals surface area contributed by atoms with Gasteiger partial charge in [-0.25, -0.2) is 0 Å². The lowest BCUT2D eigenvalue weighted by molar-refractivity contribution is 0.282. The van der Waals surface area contributed by atoms with Gasteiger partial charge in [0.1, 0.15) is 0 Å². The van der Waals surface area contributed by atoms with E-state index in [0.29, 0.717) is 5.56 Å². The van der Waals surface area contributed by atoms with Crippen LogP contribution in [0.15, 0.2) is 18.2 Å². The molecule has 0 atom stereocenters. The van der Waals surface area contributed by atoms with Gasteiger partial charge in [-0.2, -0.15) is 0 Å². The SMILES string of the molecule is OCc1cccc(Cl)c1B(O)O. The molecule has 1 rings (SSSR count). The van der Waals surface area contributed by atoms with Gasteiger partial charge in [0.25, 0.3) is 0 Å². The molecule has 3 nitrogen and oxygen atoms in total. The van der Waals surface area contributed by atoms with E-state index in [1.54, 1.807) is 12.1 Å². The van der Waals surface area contributed by atoms with E-state index in [1.807, 2.05) is 0 Å². The van der Waals surface area contributed by atoms with E-state index in [-0.39, 0.29) is 17.1 Å². The van der Waals surface area contributed by atoms with Crippen molar-refractivity contribution in [2.24, 2.45) is 0 Å². The van der Waals surface area contributed by atoms with Crippen LogP contribution < -0.4 is 5.46 Å². The molecule has 1 aromatic rings. The molecular weight excluding hydrogens is 178 g/mol. The average Bonchev–Trinajstić information content (AvgIpc) is 2.03. The van der Waals surface area contributed by atoms with Gasteiger partial charge < -0.3 is 15.2 Å². The fraction of sp³-hybridized carbons (Fsp3) is 0.143. The summed E-state index contributed by atoms with van der Waals surface area (Å²) in [6.07, 6.45) is 0. The first-order valence-corrected chi connectivity index (χ1v) is 3.79. The average molecular weight is 186 g/mol. The Morgan fingerprint density at radius 1 is 1.33 bits per heavy atom. The van der Waals surface area contributed by atoms with Crippen molar-refractivity contribution in [2.75, 3.05) is 0 Å². The Labute approximate surface area is 75.4 Å². The zero-order valence-corrected chi connectivity index (χ0v) is 6.99. The van der Waals surface area contributed by atoms with E-state index in [0.717, 1.165) is 0 Å². The first-order valence-electron chi connectivity index (χ1n) is 3.41. The highest BCUT2D eigenvalue weighted by molar-refractivity contribution is 6.63. The summed E-state index contributed by atoms with van der Waals surface area (Å²) in [4.78, 5) is 0. The maximum absolute atomic E-state index is 8.88. The maximum atomic E-state index is 8.88. The first-order chi connectivity index (χ1) is 5.66. The third kappa shape index (κ3) is 1.79. The Balaban J connectivity index is 3.20. The Bertz CT molecular complexity index is 277. The minimum absolute atomic E-state index is 0.168. The van der Waals surface area contributed by atoms with E-state index < -0.39 is 7.12 Å². The molecule has 1 aromatic carbocycles. The van der Waals surface area contributed by atoms with Crippen molar-refractivity contribution < 1.29 is 15.2 Å². The lowest BCUT2D eigenvalue weighted by Crippen LogP contribution is -2.34. The number of aliphatic hydroxyl groups is 1. The van der Waals surface area contributed by atoms with E-state index in [4.69, 9.17) is 26.8 Å². The molecule has 0 unspecified atom stereocenters. The van der Waals surface area contributed by atoms with Crippen LogP contribution in [-0.2, 0) is 6.61 Å². The summed E-state index contributed by atoms with van der Waals surface area (Å²) in [6.45, 7) is -0.256. The molecule has 0 amide bonds. The molecular formula is C7H8BClO3. The first kappa shape index (κ1) is 9.54. The van der Waals surface area contributed by atoms with Crippen molar-refractivity contribution in [3.63, 3.8) is 0 Å². The molecule has 0 spiro atoms. The third-order valence-electron chi connectivity index (χ3n) is 1.57. The molecule has 0 fully saturated rings. The zero-order valence-electron chi connectivity index (χ0n) is 6.24. The van der Waals surface area contributed by atoms with Gasteiger partial charge in [-0.3, -0.25) is 0 Å². The van der Waals surface area contributed by atoms with Crippen molar-refractivity contribution in [3.05, 3.63) is 28.8 Å². The van der Waals surface area contributed by atoms with Crippen LogP contribution >= 0.6 is 11.6 Å². The fourth-order valence-electron chi connectivity index (χ4n) is 1.01. The Kier molecular flexibility index (Phi) is 3.11. The van der Waals surface area contributed by atoms with Crippen molar-refractivity contribution in [1.29, 1.82) is 0 Å². The molecule has 0 aliphatic heterocycles. The smallest absolute Gasteiger partial charge is 0.423 e. The minimum atomic E-state index is -1.64. The lowest BCUT2D eigenvalue weighted by atomic mass is 9.77. The van der Waals surface area contributed by atoms with Crippen molar-refractivity contribution in [2.45, 2.75) is 6.61 Å². The van der Waals surface area contributed by atoms with Crippen molar-refractivity contribution >= 4 is 24.2 Å². The lowest BCUT2D eigenvalue weighted by Gasteiger charge is -2.07. The predicted molar refractivity (Wildman–Crippen MR) is 47.2 cm³/mol. The maximum Gasteiger partial charge on any atom is 0.490 e. The quantitative estimate of drug-likeness (QED) is 0.546. The number of hydrogen-bond acceptors (Lipinski definition) is 3. The van der Waals surface area contributed by atoms with Gasteiger partial charge in [-0.15, -0.1) is 0 Å². The van der Waals surface area contributed by atoms with Crippen LogP contribution in [0.2, 0.25) is 5.02 Å². The van der Waals surface area contributed by atoms with E-state index in [9.17, 15) is 0 Å². The molecule has 0 aromatic heterocycles. The van der Waals surface area contributed by atoms with Crippen LogP contribution in [0.25, 0.3) is 0 Å². The van der Waals surface area contributed by atoms with Crippen molar-refractivity contribution in [3.8, 4) is 0 Å². The zero-order chi connectivity index (χ0) is 9.14. The van der Waals surface area contributed by atoms with Crippen LogP contribution in [0.3, 0.4) is 0 Å². The number of hydrogen-bond donors (Lipinski definition) is 3. The van der Waals surface area contributed by atoms with Crippen LogP contribution in [-0.4, -0.2) is 22.3 Å². The summed E-state index contributed by atoms with van der Waals surface area (Å²) in [5.41, 5.74) is 0.596. The van der Waals surface area contributed by atoms with E-state index in [2.05, 4.69) is 0 Å². The van der Waals surface area contributed by atoms with E-state index >= 15 is 0 Å². The standard InChI is InChI=1S/C7H8BClO3/c9-6-3-1-2-5(4-10)7(6)8(11)12/h1-3,10-12H,4H2. The second-order valence-electron chi connectivity index (χ2n) is 2.34. The predicted octanol–water partition coefficient (Wildman–Crippen LogP) is -0.488. The molecule has 0 saturated carbocycles. The molecule has 0 bridgehead atoms. The molecule has 0 saturated heterocycles. The highest BCUT2D eigenvalue weighted by Gasteiger charge is 2.18. The normalized spacial score (nSPS) is 10.0. The summed E-state index contributed by atoms with van der Waals surface area (Å²) >= 11 is 5.67. The summed E-state index contributed by atoms with van der Waals surface area (Å²) in [5, 5.41) is 26.8. The third-order valence-corrected chi connectivity index (χ3v) is 1.90. The molecule has 0 radical (unpaired) electrons. The highest BCUT2D eigenvalue weighted by atomic mass is 35.5. The van der Waals surface area contributed by atoms with Gasteiger partial charge >= 0.3 is 7.12 Å². The van der Waals surface area contributed by atoms with Crippen LogP contribution in [0.1, 0.15) is 5.56 Å². The largest absolute Gasteiger partial charge is 0.490 e. The molecule has 3 N–H and O–H groups in total. The van der Waals surface area contributed by atoms with Gasteiger partial charge in [0, 0.05) is 10.5 Å². The molecule has 12 heavy (non-hydrogen) atoms. The van der Waals surface area contributed by atoms with Gasteiger partial charge in [0.2, 0.25) is 0 Å². The highest BCUT2D eigenvalue weighted by Crippen LogP contribution is 2.08. The molecule has 0 aliphatic rings. The van der Waals surface area contributed by atoms with Gasteiger partial charge in [0.15, 0.2) is 0 Å².